The molecule has 0 bridgehead atoms. The molecule has 5 unspecified atom stereocenters. The first kappa shape index (κ1) is 17.5. The van der Waals surface area contributed by atoms with Gasteiger partial charge in [0.15, 0.2) is 11.3 Å². The lowest BCUT2D eigenvalue weighted by molar-refractivity contribution is -0.277. The normalized spacial score (nSPS) is 29.7. The van der Waals surface area contributed by atoms with Crippen molar-refractivity contribution in [3.05, 3.63) is 28.6 Å². The van der Waals surface area contributed by atoms with Gasteiger partial charge in [-0.05, 0) is 6.07 Å². The Kier molecular flexibility index (Phi) is 4.54. The van der Waals surface area contributed by atoms with Crippen LogP contribution in [0.3, 0.4) is 0 Å². The summed E-state index contributed by atoms with van der Waals surface area (Å²) in [5.74, 6) is -1.45. The van der Waals surface area contributed by atoms with E-state index in [0.29, 0.717) is 0 Å². The Labute approximate surface area is 139 Å². The van der Waals surface area contributed by atoms with Crippen molar-refractivity contribution in [1.29, 1.82) is 0 Å². The molecule has 1 aliphatic heterocycles. The molecule has 1 fully saturated rings. The Hall–Kier alpha value is -2.37. The number of ether oxygens (including phenoxy) is 2. The molecule has 1 aromatic heterocycles. The SMILES string of the molecule is O=c1ccc2c(OC3OC(CO)C(O)C(O)C3O)cc(O)c(O)c2o1. The number of phenolic OH excluding ortho intramolecular Hbond substituents is 2. The molecule has 0 radical (unpaired) electrons. The molecule has 0 spiro atoms. The van der Waals surface area contributed by atoms with Crippen LogP contribution < -0.4 is 10.4 Å². The second-order valence-corrected chi connectivity index (χ2v) is 5.55. The molecule has 0 saturated carbocycles. The van der Waals surface area contributed by atoms with Gasteiger partial charge in [0.05, 0.1) is 12.0 Å². The van der Waals surface area contributed by atoms with E-state index in [1.807, 2.05) is 0 Å². The number of aliphatic hydroxyl groups excluding tert-OH is 4. The van der Waals surface area contributed by atoms with Crippen molar-refractivity contribution in [2.45, 2.75) is 30.7 Å². The van der Waals surface area contributed by atoms with Gasteiger partial charge in [-0.2, -0.15) is 0 Å². The van der Waals surface area contributed by atoms with E-state index in [1.165, 1.54) is 6.07 Å². The van der Waals surface area contributed by atoms with Crippen LogP contribution in [0.4, 0.5) is 0 Å². The first-order chi connectivity index (χ1) is 11.8. The highest BCUT2D eigenvalue weighted by Gasteiger charge is 2.44. The number of aliphatic hydroxyl groups is 4. The Morgan fingerprint density at radius 2 is 1.80 bits per heavy atom. The van der Waals surface area contributed by atoms with Crippen molar-refractivity contribution >= 4 is 11.0 Å². The van der Waals surface area contributed by atoms with Crippen LogP contribution in [0.15, 0.2) is 27.4 Å². The predicted molar refractivity (Wildman–Crippen MR) is 80.2 cm³/mol. The van der Waals surface area contributed by atoms with Crippen molar-refractivity contribution in [1.82, 2.24) is 0 Å². The van der Waals surface area contributed by atoms with Gasteiger partial charge in [-0.3, -0.25) is 0 Å². The first-order valence-corrected chi connectivity index (χ1v) is 7.29. The van der Waals surface area contributed by atoms with Crippen LogP contribution in [-0.2, 0) is 4.74 Å². The minimum Gasteiger partial charge on any atom is -0.504 e. The lowest BCUT2D eigenvalue weighted by atomic mass is 9.99. The van der Waals surface area contributed by atoms with Gasteiger partial charge in [-0.15, -0.1) is 0 Å². The molecule has 6 N–H and O–H groups in total. The number of aromatic hydroxyl groups is 2. The van der Waals surface area contributed by atoms with Crippen LogP contribution in [-0.4, -0.2) is 68.0 Å². The van der Waals surface area contributed by atoms with E-state index in [0.717, 1.165) is 12.1 Å². The minimum atomic E-state index is -1.67. The molecule has 1 aromatic carbocycles. The monoisotopic (exact) mass is 356 g/mol. The van der Waals surface area contributed by atoms with Crippen molar-refractivity contribution in [3.63, 3.8) is 0 Å². The fourth-order valence-electron chi connectivity index (χ4n) is 2.56. The molecule has 1 saturated heterocycles. The first-order valence-electron chi connectivity index (χ1n) is 7.29. The zero-order valence-electron chi connectivity index (χ0n) is 12.6. The summed E-state index contributed by atoms with van der Waals surface area (Å²) in [6, 6.07) is 3.32. The smallest absolute Gasteiger partial charge is 0.336 e. The highest BCUT2D eigenvalue weighted by molar-refractivity contribution is 5.90. The number of rotatable bonds is 3. The largest absolute Gasteiger partial charge is 0.504 e. The van der Waals surface area contributed by atoms with Crippen molar-refractivity contribution in [3.8, 4) is 17.2 Å². The third kappa shape index (κ3) is 3.01. The van der Waals surface area contributed by atoms with E-state index in [-0.39, 0.29) is 16.7 Å². The number of hydrogen-bond donors (Lipinski definition) is 6. The maximum Gasteiger partial charge on any atom is 0.336 e. The highest BCUT2D eigenvalue weighted by atomic mass is 16.7. The van der Waals surface area contributed by atoms with Gasteiger partial charge in [-0.1, -0.05) is 0 Å². The number of benzene rings is 1. The summed E-state index contributed by atoms with van der Waals surface area (Å²) < 4.78 is 15.5. The fraction of sp³-hybridized carbons (Fsp3) is 0.400. The lowest BCUT2D eigenvalue weighted by Crippen LogP contribution is -2.60. The Bertz CT molecular complexity index is 829. The zero-order chi connectivity index (χ0) is 18.3. The highest BCUT2D eigenvalue weighted by Crippen LogP contribution is 2.40. The summed E-state index contributed by atoms with van der Waals surface area (Å²) in [7, 11) is 0. The second-order valence-electron chi connectivity index (χ2n) is 5.55. The molecule has 10 nitrogen and oxygen atoms in total. The van der Waals surface area contributed by atoms with Crippen molar-refractivity contribution in [2.24, 2.45) is 0 Å². The molecule has 2 aromatic rings. The van der Waals surface area contributed by atoms with Gasteiger partial charge in [0.2, 0.25) is 12.0 Å². The molecule has 5 atom stereocenters. The minimum absolute atomic E-state index is 0.0897. The van der Waals surface area contributed by atoms with Crippen LogP contribution >= 0.6 is 0 Å². The maximum absolute atomic E-state index is 11.3. The average molecular weight is 356 g/mol. The quantitative estimate of drug-likeness (QED) is 0.277. The summed E-state index contributed by atoms with van der Waals surface area (Å²) in [5, 5.41) is 58.3. The molecule has 0 amide bonds. The van der Waals surface area contributed by atoms with Gasteiger partial charge in [-0.25, -0.2) is 4.79 Å². The maximum atomic E-state index is 11.3. The van der Waals surface area contributed by atoms with Crippen LogP contribution in [0.1, 0.15) is 0 Å². The number of fused-ring (bicyclic) bond motifs is 1. The van der Waals surface area contributed by atoms with Crippen LogP contribution in [0.25, 0.3) is 11.0 Å². The van der Waals surface area contributed by atoms with Gasteiger partial charge < -0.3 is 44.5 Å². The van der Waals surface area contributed by atoms with Gasteiger partial charge in [0, 0.05) is 12.1 Å². The second kappa shape index (κ2) is 6.50. The van der Waals surface area contributed by atoms with E-state index in [4.69, 9.17) is 13.9 Å². The Morgan fingerprint density at radius 1 is 1.08 bits per heavy atom. The third-order valence-electron chi connectivity index (χ3n) is 3.92. The van der Waals surface area contributed by atoms with E-state index in [1.54, 1.807) is 0 Å². The molecule has 2 heterocycles. The van der Waals surface area contributed by atoms with Gasteiger partial charge in [0.1, 0.15) is 30.2 Å². The Balaban J connectivity index is 2.00. The predicted octanol–water partition coefficient (Wildman–Crippen LogP) is -1.62. The summed E-state index contributed by atoms with van der Waals surface area (Å²) in [6.45, 7) is -0.638. The van der Waals surface area contributed by atoms with Crippen molar-refractivity contribution < 1.29 is 44.5 Å². The van der Waals surface area contributed by atoms with Gasteiger partial charge >= 0.3 is 5.63 Å². The van der Waals surface area contributed by atoms with E-state index in [2.05, 4.69) is 0 Å². The average Bonchev–Trinajstić information content (AvgIpc) is 2.59. The molecular formula is C15H16O10. The zero-order valence-corrected chi connectivity index (χ0v) is 12.6. The lowest BCUT2D eigenvalue weighted by Gasteiger charge is -2.39. The molecular weight excluding hydrogens is 340 g/mol. The van der Waals surface area contributed by atoms with E-state index >= 15 is 0 Å². The molecule has 1 aliphatic rings. The standard InChI is InChI=1S/C15H16O10/c16-4-8-11(20)12(21)13(22)15(24-8)23-7-3-6(17)10(19)14-5(7)1-2-9(18)25-14/h1-3,8,11-13,15-17,19-22H,4H2. The van der Waals surface area contributed by atoms with Crippen LogP contribution in [0, 0.1) is 0 Å². The van der Waals surface area contributed by atoms with Crippen molar-refractivity contribution in [2.75, 3.05) is 6.61 Å². The number of hydrogen-bond acceptors (Lipinski definition) is 10. The Morgan fingerprint density at radius 3 is 2.48 bits per heavy atom. The third-order valence-corrected chi connectivity index (χ3v) is 3.92. The molecule has 3 rings (SSSR count). The van der Waals surface area contributed by atoms with Crippen LogP contribution in [0.2, 0.25) is 0 Å². The summed E-state index contributed by atoms with van der Waals surface area (Å²) in [5.41, 5.74) is -1.11. The van der Waals surface area contributed by atoms with Crippen LogP contribution in [0.5, 0.6) is 17.2 Å². The molecule has 10 heteroatoms. The van der Waals surface area contributed by atoms with Gasteiger partial charge in [0.25, 0.3) is 0 Å². The summed E-state index contributed by atoms with van der Waals surface area (Å²) >= 11 is 0. The summed E-state index contributed by atoms with van der Waals surface area (Å²) in [4.78, 5) is 11.3. The number of phenols is 2. The molecule has 136 valence electrons. The van der Waals surface area contributed by atoms with E-state index < -0.39 is 54.4 Å². The topological polar surface area (TPSA) is 170 Å². The fourth-order valence-corrected chi connectivity index (χ4v) is 2.56. The molecule has 0 aliphatic carbocycles. The summed E-state index contributed by atoms with van der Waals surface area (Å²) in [6.07, 6.45) is -7.55. The molecule has 25 heavy (non-hydrogen) atoms. The van der Waals surface area contributed by atoms with E-state index in [9.17, 15) is 35.4 Å².